The lowest BCUT2D eigenvalue weighted by atomic mass is 9.95. The van der Waals surface area contributed by atoms with Crippen molar-refractivity contribution in [2.24, 2.45) is 17.2 Å². The van der Waals surface area contributed by atoms with E-state index in [1.807, 2.05) is 48.5 Å². The van der Waals surface area contributed by atoms with Crippen LogP contribution >= 0.6 is 12.2 Å². The summed E-state index contributed by atoms with van der Waals surface area (Å²) in [5, 5.41) is 69.3. The summed E-state index contributed by atoms with van der Waals surface area (Å²) in [5.41, 5.74) is 21.6. The summed E-state index contributed by atoms with van der Waals surface area (Å²) in [6, 6.07) is 10.6. The van der Waals surface area contributed by atoms with Gasteiger partial charge in [0.25, 0.3) is 0 Å². The molecule has 1 aliphatic rings. The van der Waals surface area contributed by atoms with Crippen molar-refractivity contribution >= 4 is 58.6 Å². The zero-order chi connectivity index (χ0) is 53.1. The molecule has 4 rings (SSSR count). The summed E-state index contributed by atoms with van der Waals surface area (Å²) in [4.78, 5) is 72.5. The normalized spacial score (nSPS) is 18.1. The third-order valence-electron chi connectivity index (χ3n) is 12.1. The van der Waals surface area contributed by atoms with E-state index in [0.29, 0.717) is 113 Å². The van der Waals surface area contributed by atoms with E-state index in [-0.39, 0.29) is 50.1 Å². The van der Waals surface area contributed by atoms with E-state index in [1.54, 1.807) is 6.92 Å². The second-order valence-corrected chi connectivity index (χ2v) is 18.6. The van der Waals surface area contributed by atoms with E-state index < -0.39 is 60.2 Å². The molecule has 1 fully saturated rings. The number of aryl methyl sites for hydroxylation is 1. The van der Waals surface area contributed by atoms with Crippen molar-refractivity contribution in [1.29, 1.82) is 0 Å². The summed E-state index contributed by atoms with van der Waals surface area (Å²) in [5.74, 6) is -2.97. The predicted molar refractivity (Wildman–Crippen MR) is 277 cm³/mol. The standard InChI is InChI=1S/C48H73N15O9S/c1-29-60-62-44(63-61-29)32-15-11-31(12-16-32)26-57-47(72)38(51)10-3-6-20-53-45(70)36(49)8-2-5-19-52-46(71)37(50)9-4-7-21-54-48(73)59-33-17-13-30(14-18-33)22-40-39(25-43(68)69)56-27-34(23-41(64)65)55-28-35(58-40)24-42(66)67/h11-18,34-40,55-56,58H,2-10,19-28,49-51H2,1H3,(H,52,71)(H,53,70)(H,57,72)(H,64,65)(H,66,67)(H,68,69)(H2,54,59,73). The lowest BCUT2D eigenvalue weighted by Crippen LogP contribution is -2.54. The maximum absolute atomic E-state index is 12.6. The third kappa shape index (κ3) is 23.4. The van der Waals surface area contributed by atoms with Gasteiger partial charge in [0.15, 0.2) is 10.9 Å². The Kier molecular flexibility index (Phi) is 25.9. The minimum Gasteiger partial charge on any atom is -0.481 e. The minimum atomic E-state index is -1.04. The van der Waals surface area contributed by atoms with Crippen molar-refractivity contribution in [3.63, 3.8) is 0 Å². The number of aliphatic carboxylic acids is 3. The molecule has 7 atom stereocenters. The molecule has 0 radical (unpaired) electrons. The van der Waals surface area contributed by atoms with E-state index in [9.17, 15) is 44.1 Å². The van der Waals surface area contributed by atoms with E-state index in [4.69, 9.17) is 29.4 Å². The topological polar surface area (TPSA) is 389 Å². The molecule has 1 aromatic heterocycles. The summed E-state index contributed by atoms with van der Waals surface area (Å²) in [7, 11) is 0. The van der Waals surface area contributed by atoms with Crippen LogP contribution in [0.4, 0.5) is 5.69 Å². The number of rotatable bonds is 30. The van der Waals surface area contributed by atoms with Gasteiger partial charge in [0.05, 0.1) is 37.4 Å². The number of carbonyl (C=O) groups excluding carboxylic acids is 3. The van der Waals surface area contributed by atoms with Crippen LogP contribution in [0, 0.1) is 6.92 Å². The molecule has 3 amide bonds. The number of aromatic nitrogens is 4. The number of carboxylic acid groups (broad SMARTS) is 3. The molecule has 17 N–H and O–H groups in total. The number of unbranched alkanes of at least 4 members (excludes halogenated alkanes) is 3. The van der Waals surface area contributed by atoms with Crippen molar-refractivity contribution in [2.75, 3.05) is 38.0 Å². The molecule has 0 aliphatic carbocycles. The van der Waals surface area contributed by atoms with Crippen LogP contribution < -0.4 is 59.7 Å². The first-order valence-electron chi connectivity index (χ1n) is 24.7. The number of hydrogen-bond donors (Lipinski definition) is 14. The van der Waals surface area contributed by atoms with Gasteiger partial charge >= 0.3 is 17.9 Å². The van der Waals surface area contributed by atoms with Crippen molar-refractivity contribution < 1.29 is 44.1 Å². The number of thiocarbonyl (C=S) groups is 1. The number of amides is 3. The summed E-state index contributed by atoms with van der Waals surface area (Å²) in [6.07, 6.45) is 5.00. The number of nitrogens with zero attached hydrogens (tertiary/aromatic N) is 4. The first-order valence-corrected chi connectivity index (χ1v) is 25.1. The molecule has 0 saturated carbocycles. The molecule has 2 heterocycles. The lowest BCUT2D eigenvalue weighted by molar-refractivity contribution is -0.139. The first kappa shape index (κ1) is 59.2. The number of nitrogens with one attached hydrogen (secondary N) is 8. The fourth-order valence-corrected chi connectivity index (χ4v) is 8.20. The fourth-order valence-electron chi connectivity index (χ4n) is 7.98. The van der Waals surface area contributed by atoms with E-state index in [2.05, 4.69) is 62.9 Å². The molecule has 25 heteroatoms. The maximum atomic E-state index is 12.6. The lowest BCUT2D eigenvalue weighted by Gasteiger charge is -2.30. The van der Waals surface area contributed by atoms with Gasteiger partial charge in [-0.3, -0.25) is 28.8 Å². The van der Waals surface area contributed by atoms with Crippen LogP contribution in [0.15, 0.2) is 48.5 Å². The van der Waals surface area contributed by atoms with Gasteiger partial charge in [0, 0.05) is 74.7 Å². The van der Waals surface area contributed by atoms with Gasteiger partial charge in [0.2, 0.25) is 23.5 Å². The second kappa shape index (κ2) is 32.0. The molecule has 1 saturated heterocycles. The maximum Gasteiger partial charge on any atom is 0.304 e. The molecule has 2 aromatic carbocycles. The Morgan fingerprint density at radius 2 is 1.08 bits per heavy atom. The molecule has 0 bridgehead atoms. The number of anilines is 1. The Morgan fingerprint density at radius 1 is 0.603 bits per heavy atom. The molecule has 7 unspecified atom stereocenters. The monoisotopic (exact) mass is 1040 g/mol. The van der Waals surface area contributed by atoms with Gasteiger partial charge in [0.1, 0.15) is 0 Å². The van der Waals surface area contributed by atoms with Crippen molar-refractivity contribution in [1.82, 2.24) is 57.6 Å². The van der Waals surface area contributed by atoms with E-state index in [0.717, 1.165) is 16.7 Å². The third-order valence-corrected chi connectivity index (χ3v) is 12.3. The van der Waals surface area contributed by atoms with Crippen molar-refractivity contribution in [3.8, 4) is 11.4 Å². The number of carboxylic acids is 3. The average Bonchev–Trinajstić information content (AvgIpc) is 3.42. The zero-order valence-corrected chi connectivity index (χ0v) is 42.1. The highest BCUT2D eigenvalue weighted by Gasteiger charge is 2.31. The molecule has 24 nitrogen and oxygen atoms in total. The van der Waals surface area contributed by atoms with Gasteiger partial charge in [-0.15, -0.1) is 20.4 Å². The predicted octanol–water partition coefficient (Wildman–Crippen LogP) is -0.207. The smallest absolute Gasteiger partial charge is 0.304 e. The molecule has 73 heavy (non-hydrogen) atoms. The summed E-state index contributed by atoms with van der Waals surface area (Å²) >= 11 is 5.47. The van der Waals surface area contributed by atoms with Crippen LogP contribution in [-0.2, 0) is 41.7 Å². The largest absolute Gasteiger partial charge is 0.481 e. The van der Waals surface area contributed by atoms with Crippen LogP contribution in [-0.4, -0.2) is 151 Å². The van der Waals surface area contributed by atoms with Gasteiger partial charge in [-0.2, -0.15) is 0 Å². The van der Waals surface area contributed by atoms with Crippen LogP contribution in [0.2, 0.25) is 0 Å². The molecule has 0 spiro atoms. The number of carbonyl (C=O) groups is 6. The van der Waals surface area contributed by atoms with Gasteiger partial charge in [-0.1, -0.05) is 36.4 Å². The molecular formula is C48H73N15O9S. The van der Waals surface area contributed by atoms with Crippen LogP contribution in [0.1, 0.15) is 94.0 Å². The van der Waals surface area contributed by atoms with Crippen LogP contribution in [0.25, 0.3) is 11.4 Å². The Balaban J connectivity index is 1.02. The highest BCUT2D eigenvalue weighted by molar-refractivity contribution is 7.80. The highest BCUT2D eigenvalue weighted by atomic mass is 32.1. The Labute approximate surface area is 430 Å². The van der Waals surface area contributed by atoms with Gasteiger partial charge in [-0.25, -0.2) is 0 Å². The SMILES string of the molecule is Cc1nnc(-c2ccc(CNC(=O)C(N)CCCCNC(=O)C(N)CCCCNC(=O)C(N)CCCCNC(=S)Nc3ccc(CC4NC(CC(=O)O)CNC(CC(=O)O)CNC4CC(=O)O)cc3)cc2)nn1. The molecule has 400 valence electrons. The zero-order valence-electron chi connectivity index (χ0n) is 41.3. The first-order chi connectivity index (χ1) is 34.9. The second-order valence-electron chi connectivity index (χ2n) is 18.2. The summed E-state index contributed by atoms with van der Waals surface area (Å²) < 4.78 is 0. The van der Waals surface area contributed by atoms with Gasteiger partial charge < -0.3 is 75.1 Å². The Hall–Kier alpha value is -6.35. The number of nitrogens with two attached hydrogens (primary N) is 3. The highest BCUT2D eigenvalue weighted by Crippen LogP contribution is 2.17. The Bertz CT molecular complexity index is 2230. The fraction of sp³-hybridized carbons (Fsp3) is 0.562. The minimum absolute atomic E-state index is 0.192. The quantitative estimate of drug-likeness (QED) is 0.0303. The van der Waals surface area contributed by atoms with E-state index in [1.165, 1.54) is 0 Å². The molecule has 1 aliphatic heterocycles. The van der Waals surface area contributed by atoms with E-state index >= 15 is 0 Å². The van der Waals surface area contributed by atoms with Crippen LogP contribution in [0.5, 0.6) is 0 Å². The molecule has 3 aromatic rings. The van der Waals surface area contributed by atoms with Crippen molar-refractivity contribution in [2.45, 2.75) is 139 Å². The number of hydrogen-bond acceptors (Lipinski definition) is 17. The molecular weight excluding hydrogens is 963 g/mol. The van der Waals surface area contributed by atoms with Crippen molar-refractivity contribution in [3.05, 3.63) is 65.5 Å². The van der Waals surface area contributed by atoms with Crippen LogP contribution in [0.3, 0.4) is 0 Å². The van der Waals surface area contributed by atoms with Gasteiger partial charge in [-0.05, 0) is 107 Å². The summed E-state index contributed by atoms with van der Waals surface area (Å²) in [6.45, 7) is 3.77. The number of benzene rings is 2. The Morgan fingerprint density at radius 3 is 1.62 bits per heavy atom. The average molecular weight is 1040 g/mol.